The Labute approximate surface area is 217 Å². The summed E-state index contributed by atoms with van der Waals surface area (Å²) in [4.78, 5) is 47.5. The second-order valence-corrected chi connectivity index (χ2v) is 9.10. The standard InChI is InChI=1S/C26H25N9O3/c1-15(2)14-35-20-9-4-3-8-19(20)22(17-10-11-21(36)27-13-17)29-24(25(35)37)30-26(38)28-18-7-5-6-16(12-18)23-31-33-34-32-23/h3-13,15,24H,14H2,1-2H3,(H,27,36)(H2,28,30,38)(H,31,32,33,34). The van der Waals surface area contributed by atoms with Crippen LogP contribution in [0.1, 0.15) is 25.0 Å². The first-order valence-electron chi connectivity index (χ1n) is 12.0. The van der Waals surface area contributed by atoms with E-state index in [9.17, 15) is 14.4 Å². The molecule has 4 aromatic rings. The van der Waals surface area contributed by atoms with Crippen molar-refractivity contribution in [1.29, 1.82) is 0 Å². The van der Waals surface area contributed by atoms with Gasteiger partial charge in [0.05, 0.1) is 11.4 Å². The van der Waals surface area contributed by atoms with Crippen LogP contribution in [0.5, 0.6) is 0 Å². The Balaban J connectivity index is 1.49. The largest absolute Gasteiger partial charge is 0.328 e. The normalized spacial score (nSPS) is 15.0. The van der Waals surface area contributed by atoms with Crippen molar-refractivity contribution in [2.75, 3.05) is 16.8 Å². The van der Waals surface area contributed by atoms with Crippen LogP contribution in [0.2, 0.25) is 0 Å². The molecule has 5 rings (SSSR count). The number of aliphatic imine (C=N–C) groups is 1. The maximum Gasteiger partial charge on any atom is 0.321 e. The summed E-state index contributed by atoms with van der Waals surface area (Å²) < 4.78 is 0. The molecule has 12 nitrogen and oxygen atoms in total. The highest BCUT2D eigenvalue weighted by molar-refractivity contribution is 6.20. The number of benzodiazepines with no additional fused rings is 1. The molecule has 12 heteroatoms. The molecule has 3 amide bonds. The van der Waals surface area contributed by atoms with Crippen LogP contribution in [-0.4, -0.2) is 56.0 Å². The molecule has 4 N–H and O–H groups in total. The van der Waals surface area contributed by atoms with E-state index in [4.69, 9.17) is 4.99 Å². The fourth-order valence-corrected chi connectivity index (χ4v) is 4.18. The Kier molecular flexibility index (Phi) is 6.76. The summed E-state index contributed by atoms with van der Waals surface area (Å²) in [7, 11) is 0. The maximum atomic E-state index is 13.8. The Hall–Kier alpha value is -5.13. The first-order chi connectivity index (χ1) is 18.4. The monoisotopic (exact) mass is 511 g/mol. The zero-order valence-corrected chi connectivity index (χ0v) is 20.7. The van der Waals surface area contributed by atoms with Gasteiger partial charge >= 0.3 is 6.03 Å². The Bertz CT molecular complexity index is 1540. The molecule has 2 aromatic carbocycles. The molecular weight excluding hydrogens is 486 g/mol. The van der Waals surface area contributed by atoms with Gasteiger partial charge in [0.2, 0.25) is 17.5 Å². The van der Waals surface area contributed by atoms with Crippen molar-refractivity contribution in [3.8, 4) is 11.4 Å². The molecule has 0 saturated carbocycles. The Morgan fingerprint density at radius 1 is 1.05 bits per heavy atom. The summed E-state index contributed by atoms with van der Waals surface area (Å²) in [5.74, 6) is 0.163. The minimum Gasteiger partial charge on any atom is -0.328 e. The number of aromatic amines is 2. The lowest BCUT2D eigenvalue weighted by Gasteiger charge is -2.27. The van der Waals surface area contributed by atoms with Crippen LogP contribution in [0, 0.1) is 5.92 Å². The van der Waals surface area contributed by atoms with Crippen LogP contribution in [0.15, 0.2) is 76.6 Å². The van der Waals surface area contributed by atoms with Crippen molar-refractivity contribution in [3.05, 3.63) is 88.3 Å². The van der Waals surface area contributed by atoms with Crippen molar-refractivity contribution in [1.82, 2.24) is 30.9 Å². The zero-order valence-electron chi connectivity index (χ0n) is 20.7. The van der Waals surface area contributed by atoms with E-state index in [0.717, 1.165) is 0 Å². The number of carbonyl (C=O) groups is 2. The number of hydrogen-bond donors (Lipinski definition) is 4. The van der Waals surface area contributed by atoms with Crippen LogP contribution in [0.3, 0.4) is 0 Å². The summed E-state index contributed by atoms with van der Waals surface area (Å²) >= 11 is 0. The van der Waals surface area contributed by atoms with Gasteiger partial charge in [-0.3, -0.25) is 9.59 Å². The third-order valence-electron chi connectivity index (χ3n) is 5.81. The highest BCUT2D eigenvalue weighted by Gasteiger charge is 2.33. The smallest absolute Gasteiger partial charge is 0.321 e. The summed E-state index contributed by atoms with van der Waals surface area (Å²) in [5, 5.41) is 19.3. The number of urea groups is 1. The Morgan fingerprint density at radius 2 is 1.89 bits per heavy atom. The fourth-order valence-electron chi connectivity index (χ4n) is 4.18. The number of nitrogens with one attached hydrogen (secondary N) is 4. The third-order valence-corrected chi connectivity index (χ3v) is 5.81. The zero-order chi connectivity index (χ0) is 26.6. The number of rotatable bonds is 6. The van der Waals surface area contributed by atoms with Gasteiger partial charge in [-0.15, -0.1) is 10.2 Å². The van der Waals surface area contributed by atoms with E-state index in [1.54, 1.807) is 41.4 Å². The lowest BCUT2D eigenvalue weighted by molar-refractivity contribution is -0.120. The van der Waals surface area contributed by atoms with Crippen molar-refractivity contribution in [2.45, 2.75) is 20.0 Å². The summed E-state index contributed by atoms with van der Waals surface area (Å²) in [6, 6.07) is 16.8. The predicted octanol–water partition coefficient (Wildman–Crippen LogP) is 2.54. The Morgan fingerprint density at radius 3 is 2.63 bits per heavy atom. The van der Waals surface area contributed by atoms with E-state index in [2.05, 4.69) is 36.2 Å². The number of benzene rings is 2. The van der Waals surface area contributed by atoms with Crippen LogP contribution in [0.25, 0.3) is 11.4 Å². The number of pyridine rings is 1. The number of hydrogen-bond acceptors (Lipinski definition) is 7. The second-order valence-electron chi connectivity index (χ2n) is 9.10. The molecule has 2 aromatic heterocycles. The molecule has 3 heterocycles. The number of anilines is 2. The SMILES string of the molecule is CC(C)CN1C(=O)C(NC(=O)Nc2cccc(-c3nn[nH]n3)c2)N=C(c2ccc(=O)[nH]c2)c2ccccc21. The van der Waals surface area contributed by atoms with E-state index in [0.29, 0.717) is 46.1 Å². The number of aromatic nitrogens is 5. The van der Waals surface area contributed by atoms with Gasteiger partial charge in [0.25, 0.3) is 5.91 Å². The lowest BCUT2D eigenvalue weighted by atomic mass is 10.0. The second kappa shape index (κ2) is 10.5. The predicted molar refractivity (Wildman–Crippen MR) is 142 cm³/mol. The first-order valence-corrected chi connectivity index (χ1v) is 12.0. The maximum absolute atomic E-state index is 13.8. The van der Waals surface area contributed by atoms with Gasteiger partial charge < -0.3 is 20.5 Å². The average Bonchev–Trinajstić information content (AvgIpc) is 3.42. The first kappa shape index (κ1) is 24.6. The van der Waals surface area contributed by atoms with Crippen LogP contribution in [-0.2, 0) is 4.79 Å². The average molecular weight is 512 g/mol. The topological polar surface area (TPSA) is 161 Å². The molecule has 1 aliphatic heterocycles. The molecule has 0 fully saturated rings. The van der Waals surface area contributed by atoms with Gasteiger partial charge in [-0.25, -0.2) is 9.79 Å². The summed E-state index contributed by atoms with van der Waals surface area (Å²) in [6.07, 6.45) is 0.324. The van der Waals surface area contributed by atoms with Gasteiger partial charge in [-0.2, -0.15) is 5.21 Å². The highest BCUT2D eigenvalue weighted by Crippen LogP contribution is 2.28. The van der Waals surface area contributed by atoms with Crippen molar-refractivity contribution in [3.63, 3.8) is 0 Å². The van der Waals surface area contributed by atoms with E-state index < -0.39 is 12.2 Å². The molecule has 1 aliphatic rings. The van der Waals surface area contributed by atoms with Gasteiger partial charge in [0.1, 0.15) is 0 Å². The minimum absolute atomic E-state index is 0.156. The van der Waals surface area contributed by atoms with Crippen LogP contribution < -0.4 is 21.1 Å². The van der Waals surface area contributed by atoms with E-state index in [1.165, 1.54) is 6.07 Å². The molecule has 38 heavy (non-hydrogen) atoms. The molecule has 0 spiro atoms. The van der Waals surface area contributed by atoms with Gasteiger partial charge in [0, 0.05) is 41.2 Å². The number of fused-ring (bicyclic) bond motifs is 1. The summed E-state index contributed by atoms with van der Waals surface area (Å²) in [6.45, 7) is 4.45. The molecule has 1 unspecified atom stereocenters. The third kappa shape index (κ3) is 5.19. The van der Waals surface area contributed by atoms with Crippen molar-refractivity contribution < 1.29 is 9.59 Å². The van der Waals surface area contributed by atoms with Crippen molar-refractivity contribution >= 4 is 29.0 Å². The molecular formula is C26H25N9O3. The lowest BCUT2D eigenvalue weighted by Crippen LogP contribution is -2.49. The van der Waals surface area contributed by atoms with Gasteiger partial charge in [-0.05, 0) is 35.4 Å². The van der Waals surface area contributed by atoms with E-state index in [1.807, 2.05) is 38.1 Å². The van der Waals surface area contributed by atoms with Crippen molar-refractivity contribution in [2.24, 2.45) is 10.9 Å². The molecule has 0 radical (unpaired) electrons. The van der Waals surface area contributed by atoms with Crippen LogP contribution >= 0.6 is 0 Å². The number of tetrazole rings is 1. The fraction of sp³-hybridized carbons (Fsp3) is 0.192. The molecule has 0 aliphatic carbocycles. The minimum atomic E-state index is -1.22. The van der Waals surface area contributed by atoms with Crippen LogP contribution in [0.4, 0.5) is 16.2 Å². The van der Waals surface area contributed by atoms with E-state index in [-0.39, 0.29) is 17.4 Å². The molecule has 0 saturated heterocycles. The number of para-hydroxylation sites is 1. The highest BCUT2D eigenvalue weighted by atomic mass is 16.2. The number of nitrogens with zero attached hydrogens (tertiary/aromatic N) is 5. The van der Waals surface area contributed by atoms with E-state index >= 15 is 0 Å². The molecule has 0 bridgehead atoms. The molecule has 1 atom stereocenters. The molecule has 192 valence electrons. The van der Waals surface area contributed by atoms with Gasteiger partial charge in [-0.1, -0.05) is 44.2 Å². The number of amides is 3. The quantitative estimate of drug-likeness (QED) is 0.311. The number of carbonyl (C=O) groups excluding carboxylic acids is 2. The van der Waals surface area contributed by atoms with Gasteiger partial charge in [0.15, 0.2) is 0 Å². The summed E-state index contributed by atoms with van der Waals surface area (Å²) in [5.41, 5.74) is 3.33. The number of H-pyrrole nitrogens is 2.